The van der Waals surface area contributed by atoms with Crippen molar-refractivity contribution in [1.29, 1.82) is 0 Å². The summed E-state index contributed by atoms with van der Waals surface area (Å²) >= 11 is 5.21. The third kappa shape index (κ3) is 4.44. The van der Waals surface area contributed by atoms with E-state index >= 15 is 0 Å². The van der Waals surface area contributed by atoms with Crippen molar-refractivity contribution < 1.29 is 4.79 Å². The molecule has 0 atom stereocenters. The fourth-order valence-corrected chi connectivity index (χ4v) is 3.19. The van der Waals surface area contributed by atoms with Crippen LogP contribution in [0.5, 0.6) is 0 Å². The maximum absolute atomic E-state index is 11.9. The van der Waals surface area contributed by atoms with E-state index in [0.29, 0.717) is 12.1 Å². The molecule has 20 heavy (non-hydrogen) atoms. The van der Waals surface area contributed by atoms with Crippen LogP contribution >= 0.6 is 27.3 Å². The SMILES string of the molecule is Cc1ccc(C(=O)NCCNCc2sccc2Br)cc1. The van der Waals surface area contributed by atoms with Gasteiger partial charge in [0.2, 0.25) is 0 Å². The van der Waals surface area contributed by atoms with Crippen LogP contribution in [0.2, 0.25) is 0 Å². The number of aryl methyl sites for hydroxylation is 1. The highest BCUT2D eigenvalue weighted by Gasteiger charge is 2.04. The van der Waals surface area contributed by atoms with E-state index < -0.39 is 0 Å². The average Bonchev–Trinajstić information content (AvgIpc) is 2.84. The van der Waals surface area contributed by atoms with Gasteiger partial charge in [-0.1, -0.05) is 17.7 Å². The van der Waals surface area contributed by atoms with Gasteiger partial charge in [0.05, 0.1) is 0 Å². The van der Waals surface area contributed by atoms with Gasteiger partial charge in [0, 0.05) is 34.5 Å². The molecule has 0 bridgehead atoms. The van der Waals surface area contributed by atoms with Gasteiger partial charge in [0.15, 0.2) is 0 Å². The maximum atomic E-state index is 11.9. The zero-order valence-corrected chi connectivity index (χ0v) is 13.7. The van der Waals surface area contributed by atoms with Crippen LogP contribution in [0.1, 0.15) is 20.8 Å². The van der Waals surface area contributed by atoms with Gasteiger partial charge in [-0.2, -0.15) is 0 Å². The number of carbonyl (C=O) groups is 1. The summed E-state index contributed by atoms with van der Waals surface area (Å²) in [5.41, 5.74) is 1.86. The maximum Gasteiger partial charge on any atom is 0.251 e. The number of rotatable bonds is 6. The van der Waals surface area contributed by atoms with Gasteiger partial charge in [-0.25, -0.2) is 0 Å². The van der Waals surface area contributed by atoms with Gasteiger partial charge in [-0.15, -0.1) is 11.3 Å². The van der Waals surface area contributed by atoms with E-state index in [1.165, 1.54) is 4.88 Å². The molecular weight excluding hydrogens is 336 g/mol. The van der Waals surface area contributed by atoms with E-state index in [1.807, 2.05) is 37.3 Å². The monoisotopic (exact) mass is 352 g/mol. The Morgan fingerprint density at radius 3 is 2.60 bits per heavy atom. The molecule has 0 aliphatic carbocycles. The highest BCUT2D eigenvalue weighted by molar-refractivity contribution is 9.10. The normalized spacial score (nSPS) is 10.5. The Balaban J connectivity index is 1.67. The van der Waals surface area contributed by atoms with Crippen molar-refractivity contribution in [2.45, 2.75) is 13.5 Å². The van der Waals surface area contributed by atoms with Crippen LogP contribution in [0.15, 0.2) is 40.2 Å². The molecular formula is C15H17BrN2OS. The van der Waals surface area contributed by atoms with Gasteiger partial charge in [-0.05, 0) is 46.4 Å². The van der Waals surface area contributed by atoms with Crippen LogP contribution < -0.4 is 10.6 Å². The third-order valence-electron chi connectivity index (χ3n) is 2.88. The summed E-state index contributed by atoms with van der Waals surface area (Å²) in [5.74, 6) is -0.0240. The van der Waals surface area contributed by atoms with Crippen molar-refractivity contribution in [3.8, 4) is 0 Å². The predicted molar refractivity (Wildman–Crippen MR) is 87.2 cm³/mol. The Hall–Kier alpha value is -1.17. The number of amides is 1. The summed E-state index contributed by atoms with van der Waals surface area (Å²) in [4.78, 5) is 13.1. The molecule has 0 spiro atoms. The van der Waals surface area contributed by atoms with Crippen LogP contribution in [0.3, 0.4) is 0 Å². The lowest BCUT2D eigenvalue weighted by atomic mass is 10.1. The molecule has 2 aromatic rings. The quantitative estimate of drug-likeness (QED) is 0.782. The molecule has 0 aliphatic rings. The average molecular weight is 353 g/mol. The number of thiophene rings is 1. The number of halogens is 1. The van der Waals surface area contributed by atoms with Gasteiger partial charge in [0.25, 0.3) is 5.91 Å². The minimum absolute atomic E-state index is 0.0240. The largest absolute Gasteiger partial charge is 0.351 e. The molecule has 1 aromatic heterocycles. The fourth-order valence-electron chi connectivity index (χ4n) is 1.72. The highest BCUT2D eigenvalue weighted by atomic mass is 79.9. The lowest BCUT2D eigenvalue weighted by Gasteiger charge is -2.07. The third-order valence-corrected chi connectivity index (χ3v) is 4.80. The Bertz CT molecular complexity index is 566. The van der Waals surface area contributed by atoms with Crippen LogP contribution in [0.4, 0.5) is 0 Å². The van der Waals surface area contributed by atoms with E-state index in [0.717, 1.165) is 23.1 Å². The second-order valence-electron chi connectivity index (χ2n) is 4.49. The summed E-state index contributed by atoms with van der Waals surface area (Å²) in [6.07, 6.45) is 0. The first kappa shape index (κ1) is 15.2. The summed E-state index contributed by atoms with van der Waals surface area (Å²) < 4.78 is 1.14. The second-order valence-corrected chi connectivity index (χ2v) is 6.35. The van der Waals surface area contributed by atoms with Crippen LogP contribution in [-0.4, -0.2) is 19.0 Å². The van der Waals surface area contributed by atoms with Crippen molar-refractivity contribution in [3.05, 3.63) is 56.2 Å². The lowest BCUT2D eigenvalue weighted by molar-refractivity contribution is 0.0954. The topological polar surface area (TPSA) is 41.1 Å². The molecule has 5 heteroatoms. The van der Waals surface area contributed by atoms with E-state index in [-0.39, 0.29) is 5.91 Å². The standard InChI is InChI=1S/C15H17BrN2OS/c1-11-2-4-12(5-3-11)15(19)18-8-7-17-10-14-13(16)6-9-20-14/h2-6,9,17H,7-8,10H2,1H3,(H,18,19). The van der Waals surface area contributed by atoms with Crippen molar-refractivity contribution in [2.75, 3.05) is 13.1 Å². The number of carbonyl (C=O) groups excluding carboxylic acids is 1. The molecule has 3 nitrogen and oxygen atoms in total. The molecule has 0 fully saturated rings. The Morgan fingerprint density at radius 2 is 1.95 bits per heavy atom. The smallest absolute Gasteiger partial charge is 0.251 e. The zero-order valence-electron chi connectivity index (χ0n) is 11.3. The van der Waals surface area contributed by atoms with E-state index in [4.69, 9.17) is 0 Å². The number of benzene rings is 1. The van der Waals surface area contributed by atoms with Gasteiger partial charge in [0.1, 0.15) is 0 Å². The van der Waals surface area contributed by atoms with Crippen LogP contribution in [0, 0.1) is 6.92 Å². The molecule has 106 valence electrons. The molecule has 2 N–H and O–H groups in total. The summed E-state index contributed by atoms with van der Waals surface area (Å²) in [5, 5.41) is 8.27. The first-order valence-corrected chi connectivity index (χ1v) is 8.11. The van der Waals surface area contributed by atoms with Gasteiger partial charge >= 0.3 is 0 Å². The zero-order chi connectivity index (χ0) is 14.4. The van der Waals surface area contributed by atoms with Gasteiger partial charge in [-0.3, -0.25) is 4.79 Å². The summed E-state index contributed by atoms with van der Waals surface area (Å²) in [6.45, 7) is 4.20. The minimum atomic E-state index is -0.0240. The molecule has 0 aliphatic heterocycles. The summed E-state index contributed by atoms with van der Waals surface area (Å²) in [7, 11) is 0. The Kier molecular flexibility index (Phi) is 5.76. The molecule has 0 radical (unpaired) electrons. The first-order chi connectivity index (χ1) is 9.66. The second kappa shape index (κ2) is 7.57. The number of hydrogen-bond donors (Lipinski definition) is 2. The molecule has 0 saturated carbocycles. The van der Waals surface area contributed by atoms with Crippen molar-refractivity contribution in [2.24, 2.45) is 0 Å². The van der Waals surface area contributed by atoms with Crippen LogP contribution in [0.25, 0.3) is 0 Å². The molecule has 2 rings (SSSR count). The Morgan fingerprint density at radius 1 is 1.20 bits per heavy atom. The summed E-state index contributed by atoms with van der Waals surface area (Å²) in [6, 6.07) is 9.63. The van der Waals surface area contributed by atoms with Crippen molar-refractivity contribution in [1.82, 2.24) is 10.6 Å². The number of nitrogens with one attached hydrogen (secondary N) is 2. The predicted octanol–water partition coefficient (Wildman–Crippen LogP) is 3.34. The first-order valence-electron chi connectivity index (χ1n) is 6.44. The van der Waals surface area contributed by atoms with E-state index in [1.54, 1.807) is 11.3 Å². The van der Waals surface area contributed by atoms with E-state index in [2.05, 4.69) is 31.9 Å². The van der Waals surface area contributed by atoms with Crippen molar-refractivity contribution in [3.63, 3.8) is 0 Å². The molecule has 1 heterocycles. The minimum Gasteiger partial charge on any atom is -0.351 e. The van der Waals surface area contributed by atoms with Crippen LogP contribution in [-0.2, 0) is 6.54 Å². The molecule has 1 aromatic carbocycles. The van der Waals surface area contributed by atoms with E-state index in [9.17, 15) is 4.79 Å². The highest BCUT2D eigenvalue weighted by Crippen LogP contribution is 2.21. The van der Waals surface area contributed by atoms with Crippen molar-refractivity contribution >= 4 is 33.2 Å². The molecule has 0 saturated heterocycles. The molecule has 0 unspecified atom stereocenters. The Labute approximate surface area is 131 Å². The lowest BCUT2D eigenvalue weighted by Crippen LogP contribution is -2.31. The molecule has 1 amide bonds. The van der Waals surface area contributed by atoms with Gasteiger partial charge < -0.3 is 10.6 Å². The number of hydrogen-bond acceptors (Lipinski definition) is 3. The fraction of sp³-hybridized carbons (Fsp3) is 0.267.